The molecule has 0 unspecified atom stereocenters. The molecular formula is C16H20FN3O. The van der Waals surface area contributed by atoms with E-state index in [1.165, 1.54) is 6.07 Å². The lowest BCUT2D eigenvalue weighted by Gasteiger charge is -2.33. The van der Waals surface area contributed by atoms with Gasteiger partial charge in [0.15, 0.2) is 6.19 Å². The molecule has 2 rings (SSSR count). The van der Waals surface area contributed by atoms with Crippen LogP contribution in [0.3, 0.4) is 0 Å². The van der Waals surface area contributed by atoms with Gasteiger partial charge in [0.2, 0.25) is 5.91 Å². The Hall–Kier alpha value is -2.09. The van der Waals surface area contributed by atoms with E-state index >= 15 is 0 Å². The Morgan fingerprint density at radius 1 is 1.52 bits per heavy atom. The third kappa shape index (κ3) is 3.72. The van der Waals surface area contributed by atoms with Crippen molar-refractivity contribution in [1.82, 2.24) is 5.32 Å². The first-order valence-electron chi connectivity index (χ1n) is 7.33. The van der Waals surface area contributed by atoms with Gasteiger partial charge >= 0.3 is 0 Å². The van der Waals surface area contributed by atoms with Gasteiger partial charge in [-0.2, -0.15) is 5.26 Å². The molecule has 0 spiro atoms. The van der Waals surface area contributed by atoms with Crippen molar-refractivity contribution >= 4 is 11.6 Å². The molecular weight excluding hydrogens is 269 g/mol. The molecule has 0 aliphatic heterocycles. The Bertz CT molecular complexity index is 549. The van der Waals surface area contributed by atoms with Gasteiger partial charge in [-0.25, -0.2) is 4.39 Å². The average Bonchev–Trinajstić information content (AvgIpc) is 2.44. The molecule has 0 aromatic heterocycles. The van der Waals surface area contributed by atoms with Gasteiger partial charge in [-0.3, -0.25) is 9.69 Å². The summed E-state index contributed by atoms with van der Waals surface area (Å²) in [5.74, 6) is -0.336. The van der Waals surface area contributed by atoms with Crippen LogP contribution in [-0.2, 0) is 11.2 Å². The summed E-state index contributed by atoms with van der Waals surface area (Å²) in [5.41, 5.74) is 1.21. The molecule has 1 aliphatic carbocycles. The van der Waals surface area contributed by atoms with Crippen LogP contribution in [0.25, 0.3) is 0 Å². The van der Waals surface area contributed by atoms with Crippen LogP contribution in [0.15, 0.2) is 18.2 Å². The van der Waals surface area contributed by atoms with E-state index in [-0.39, 0.29) is 17.8 Å². The first kappa shape index (κ1) is 15.3. The zero-order valence-electron chi connectivity index (χ0n) is 12.2. The lowest BCUT2D eigenvalue weighted by atomic mass is 9.91. The van der Waals surface area contributed by atoms with Crippen molar-refractivity contribution in [1.29, 1.82) is 5.26 Å². The van der Waals surface area contributed by atoms with Crippen molar-refractivity contribution in [2.45, 2.75) is 44.6 Å². The Labute approximate surface area is 124 Å². The molecule has 1 fully saturated rings. The summed E-state index contributed by atoms with van der Waals surface area (Å²) in [6, 6.07) is 5.15. The molecule has 0 saturated heterocycles. The number of nitrogens with zero attached hydrogens (tertiary/aromatic N) is 2. The van der Waals surface area contributed by atoms with Crippen LogP contribution in [0.5, 0.6) is 0 Å². The molecule has 1 aromatic rings. The summed E-state index contributed by atoms with van der Waals surface area (Å²) >= 11 is 0. The van der Waals surface area contributed by atoms with Crippen molar-refractivity contribution in [3.63, 3.8) is 0 Å². The van der Waals surface area contributed by atoms with Crippen molar-refractivity contribution in [3.8, 4) is 6.19 Å². The fourth-order valence-electron chi connectivity index (χ4n) is 2.45. The Balaban J connectivity index is 1.99. The van der Waals surface area contributed by atoms with Crippen LogP contribution >= 0.6 is 0 Å². The number of rotatable bonds is 6. The maximum Gasteiger partial charge on any atom is 0.219 e. The van der Waals surface area contributed by atoms with Gasteiger partial charge in [0, 0.05) is 19.5 Å². The van der Waals surface area contributed by atoms with Gasteiger partial charge in [0.05, 0.1) is 5.69 Å². The van der Waals surface area contributed by atoms with Gasteiger partial charge in [-0.05, 0) is 49.8 Å². The molecule has 112 valence electrons. The maximum atomic E-state index is 14.1. The van der Waals surface area contributed by atoms with E-state index in [9.17, 15) is 14.4 Å². The SMILES string of the molecule is CNC(=O)CCCc1ccc(N(C#N)C2CCC2)cc1F. The van der Waals surface area contributed by atoms with Crippen LogP contribution in [0.2, 0.25) is 0 Å². The highest BCUT2D eigenvalue weighted by Crippen LogP contribution is 2.30. The van der Waals surface area contributed by atoms with Crippen molar-refractivity contribution in [2.24, 2.45) is 0 Å². The van der Waals surface area contributed by atoms with Gasteiger partial charge in [-0.1, -0.05) is 6.07 Å². The summed E-state index contributed by atoms with van der Waals surface area (Å²) in [4.78, 5) is 12.7. The number of anilines is 1. The lowest BCUT2D eigenvalue weighted by molar-refractivity contribution is -0.120. The Kier molecular flexibility index (Phi) is 5.15. The van der Waals surface area contributed by atoms with Crippen molar-refractivity contribution < 1.29 is 9.18 Å². The predicted molar refractivity (Wildman–Crippen MR) is 79.1 cm³/mol. The van der Waals surface area contributed by atoms with Crippen LogP contribution in [0.1, 0.15) is 37.7 Å². The minimum absolute atomic E-state index is 0.0346. The standard InChI is InChI=1S/C16H20FN3O/c1-19-16(21)7-2-4-12-8-9-14(10-15(12)17)20(11-18)13-5-3-6-13/h8-10,13H,2-7H2,1H3,(H,19,21). The second-order valence-electron chi connectivity index (χ2n) is 5.36. The number of carbonyl (C=O) groups is 1. The molecule has 0 radical (unpaired) electrons. The predicted octanol–water partition coefficient (Wildman–Crippen LogP) is 2.73. The average molecular weight is 289 g/mol. The number of benzene rings is 1. The molecule has 21 heavy (non-hydrogen) atoms. The number of nitriles is 1. The minimum atomic E-state index is -0.302. The molecule has 1 saturated carbocycles. The lowest BCUT2D eigenvalue weighted by Crippen LogP contribution is -2.36. The number of nitrogens with one attached hydrogen (secondary N) is 1. The van der Waals surface area contributed by atoms with Crippen LogP contribution in [0.4, 0.5) is 10.1 Å². The molecule has 0 atom stereocenters. The quantitative estimate of drug-likeness (QED) is 0.647. The second kappa shape index (κ2) is 7.07. The zero-order chi connectivity index (χ0) is 15.2. The molecule has 5 heteroatoms. The summed E-state index contributed by atoms with van der Waals surface area (Å²) in [5, 5.41) is 11.8. The van der Waals surface area contributed by atoms with Gasteiger partial charge in [-0.15, -0.1) is 0 Å². The Morgan fingerprint density at radius 2 is 2.29 bits per heavy atom. The largest absolute Gasteiger partial charge is 0.359 e. The monoisotopic (exact) mass is 289 g/mol. The number of amides is 1. The summed E-state index contributed by atoms with van der Waals surface area (Å²) in [7, 11) is 1.59. The highest BCUT2D eigenvalue weighted by Gasteiger charge is 2.25. The molecule has 0 bridgehead atoms. The van der Waals surface area contributed by atoms with Crippen LogP contribution < -0.4 is 10.2 Å². The summed E-state index contributed by atoms with van der Waals surface area (Å²) in [6.45, 7) is 0. The fourth-order valence-corrected chi connectivity index (χ4v) is 2.45. The van der Waals surface area contributed by atoms with Crippen molar-refractivity contribution in [2.75, 3.05) is 11.9 Å². The van der Waals surface area contributed by atoms with Gasteiger partial charge in [0.25, 0.3) is 0 Å². The van der Waals surface area contributed by atoms with E-state index in [1.807, 2.05) is 0 Å². The van der Waals surface area contributed by atoms with Crippen LogP contribution in [0, 0.1) is 17.3 Å². The third-order valence-corrected chi connectivity index (χ3v) is 3.99. The Morgan fingerprint density at radius 3 is 2.81 bits per heavy atom. The van der Waals surface area contributed by atoms with E-state index in [1.54, 1.807) is 24.1 Å². The molecule has 1 N–H and O–H groups in total. The number of hydrogen-bond donors (Lipinski definition) is 1. The number of carbonyl (C=O) groups excluding carboxylic acids is 1. The molecule has 0 heterocycles. The van der Waals surface area contributed by atoms with Gasteiger partial charge < -0.3 is 5.32 Å². The number of halogens is 1. The smallest absolute Gasteiger partial charge is 0.219 e. The number of aryl methyl sites for hydroxylation is 1. The van der Waals surface area contributed by atoms with E-state index < -0.39 is 0 Å². The van der Waals surface area contributed by atoms with E-state index in [0.717, 1.165) is 19.3 Å². The fraction of sp³-hybridized carbons (Fsp3) is 0.500. The first-order valence-corrected chi connectivity index (χ1v) is 7.33. The highest BCUT2D eigenvalue weighted by atomic mass is 19.1. The van der Waals surface area contributed by atoms with Crippen molar-refractivity contribution in [3.05, 3.63) is 29.6 Å². The van der Waals surface area contributed by atoms with E-state index in [4.69, 9.17) is 0 Å². The van der Waals surface area contributed by atoms with Gasteiger partial charge in [0.1, 0.15) is 5.82 Å². The topological polar surface area (TPSA) is 56.1 Å². The molecule has 1 amide bonds. The minimum Gasteiger partial charge on any atom is -0.359 e. The maximum absolute atomic E-state index is 14.1. The summed E-state index contributed by atoms with van der Waals surface area (Å²) in [6.07, 6.45) is 6.78. The number of hydrogen-bond acceptors (Lipinski definition) is 3. The van der Waals surface area contributed by atoms with Crippen LogP contribution in [-0.4, -0.2) is 19.0 Å². The normalized spacial score (nSPS) is 14.1. The van der Waals surface area contributed by atoms with E-state index in [2.05, 4.69) is 11.5 Å². The summed E-state index contributed by atoms with van der Waals surface area (Å²) < 4.78 is 14.1. The first-order chi connectivity index (χ1) is 10.2. The third-order valence-electron chi connectivity index (χ3n) is 3.99. The second-order valence-corrected chi connectivity index (χ2v) is 5.36. The molecule has 1 aliphatic rings. The molecule has 1 aromatic carbocycles. The highest BCUT2D eigenvalue weighted by molar-refractivity contribution is 5.75. The molecule has 4 nitrogen and oxygen atoms in total. The zero-order valence-corrected chi connectivity index (χ0v) is 12.2. The van der Waals surface area contributed by atoms with E-state index in [0.29, 0.717) is 30.5 Å².